The summed E-state index contributed by atoms with van der Waals surface area (Å²) in [4.78, 5) is 4.15. The van der Waals surface area contributed by atoms with Gasteiger partial charge in [-0.15, -0.1) is 0 Å². The fourth-order valence-corrected chi connectivity index (χ4v) is 3.49. The maximum Gasteiger partial charge on any atom is 0.189 e. The zero-order chi connectivity index (χ0) is 15.5. The lowest BCUT2D eigenvalue weighted by Gasteiger charge is -2.29. The van der Waals surface area contributed by atoms with E-state index in [0.29, 0.717) is 6.61 Å². The average molecular weight is 310 g/mol. The highest BCUT2D eigenvalue weighted by Gasteiger charge is 2.58. The first-order valence-electron chi connectivity index (χ1n) is 7.65. The smallest absolute Gasteiger partial charge is 0.189 e. The molecule has 0 amide bonds. The summed E-state index contributed by atoms with van der Waals surface area (Å²) in [6, 6.07) is -0.0585. The van der Waals surface area contributed by atoms with Gasteiger partial charge in [-0.25, -0.2) is 4.98 Å². The minimum absolute atomic E-state index is 0.0585. The monoisotopic (exact) mass is 310 g/mol. The predicted molar refractivity (Wildman–Crippen MR) is 74.9 cm³/mol. The fraction of sp³-hybridized carbons (Fsp3) is 0.800. The van der Waals surface area contributed by atoms with Crippen LogP contribution in [-0.4, -0.2) is 52.3 Å². The molecule has 3 saturated heterocycles. The Bertz CT molecular complexity index is 544. The van der Waals surface area contributed by atoms with Gasteiger partial charge in [-0.2, -0.15) is 0 Å². The van der Waals surface area contributed by atoms with Crippen molar-refractivity contribution in [1.82, 2.24) is 9.55 Å². The minimum Gasteiger partial charge on any atom is -0.348 e. The zero-order valence-corrected chi connectivity index (χ0v) is 13.3. The molecular formula is C15H22N2O5. The van der Waals surface area contributed by atoms with Crippen molar-refractivity contribution in [2.75, 3.05) is 6.61 Å². The van der Waals surface area contributed by atoms with Crippen LogP contribution in [0.2, 0.25) is 0 Å². The molecule has 1 aromatic rings. The Kier molecular flexibility index (Phi) is 3.15. The first kappa shape index (κ1) is 14.6. The van der Waals surface area contributed by atoms with Crippen LogP contribution in [-0.2, 0) is 23.7 Å². The molecule has 1 aromatic heterocycles. The van der Waals surface area contributed by atoms with Crippen molar-refractivity contribution in [3.05, 3.63) is 18.7 Å². The van der Waals surface area contributed by atoms with Crippen molar-refractivity contribution in [2.24, 2.45) is 0 Å². The van der Waals surface area contributed by atoms with Gasteiger partial charge in [-0.1, -0.05) is 0 Å². The van der Waals surface area contributed by atoms with Crippen LogP contribution in [0.5, 0.6) is 0 Å². The van der Waals surface area contributed by atoms with Gasteiger partial charge in [0.15, 0.2) is 17.9 Å². The van der Waals surface area contributed by atoms with Gasteiger partial charge in [-0.05, 0) is 27.7 Å². The Balaban J connectivity index is 1.62. The van der Waals surface area contributed by atoms with Gasteiger partial charge in [0.25, 0.3) is 0 Å². The quantitative estimate of drug-likeness (QED) is 0.824. The van der Waals surface area contributed by atoms with Crippen molar-refractivity contribution in [1.29, 1.82) is 0 Å². The molecule has 4 heterocycles. The number of imidazole rings is 1. The SMILES string of the molecule is CC1(C)OC[C@H]([C@H]2OC3OC(C)(C)O[C@@H]3[C@H]2n2ccnc2)O1. The molecule has 122 valence electrons. The van der Waals surface area contributed by atoms with E-state index < -0.39 is 17.9 Å². The third kappa shape index (κ3) is 2.37. The number of rotatable bonds is 2. The largest absolute Gasteiger partial charge is 0.348 e. The van der Waals surface area contributed by atoms with E-state index in [1.54, 1.807) is 12.5 Å². The van der Waals surface area contributed by atoms with E-state index >= 15 is 0 Å². The van der Waals surface area contributed by atoms with Crippen LogP contribution in [0, 0.1) is 0 Å². The molecule has 3 aliphatic rings. The second-order valence-electron chi connectivity index (χ2n) is 6.94. The van der Waals surface area contributed by atoms with Crippen molar-refractivity contribution in [3.63, 3.8) is 0 Å². The molecular weight excluding hydrogens is 288 g/mol. The van der Waals surface area contributed by atoms with Gasteiger partial charge in [-0.3, -0.25) is 0 Å². The van der Waals surface area contributed by atoms with Gasteiger partial charge in [0.05, 0.1) is 19.0 Å². The van der Waals surface area contributed by atoms with Gasteiger partial charge in [0.2, 0.25) is 0 Å². The number of nitrogens with zero attached hydrogens (tertiary/aromatic N) is 2. The molecule has 0 aromatic carbocycles. The summed E-state index contributed by atoms with van der Waals surface area (Å²) in [5, 5.41) is 0. The minimum atomic E-state index is -0.647. The lowest BCUT2D eigenvalue weighted by atomic mass is 10.0. The molecule has 0 N–H and O–H groups in total. The molecule has 7 nitrogen and oxygen atoms in total. The summed E-state index contributed by atoms with van der Waals surface area (Å²) in [5.74, 6) is -1.24. The molecule has 0 radical (unpaired) electrons. The van der Waals surface area contributed by atoms with Crippen LogP contribution in [0.4, 0.5) is 0 Å². The molecule has 4 rings (SSSR count). The standard InChI is InChI=1S/C15H22N2O5/c1-14(2)18-7-9(20-14)11-10(17-6-5-16-8-17)12-13(19-11)22-15(3,4)21-12/h5-6,8-13H,7H2,1-4H3/t9-,10+,11-,12-,13?/m1/s1. The lowest BCUT2D eigenvalue weighted by molar-refractivity contribution is -0.225. The van der Waals surface area contributed by atoms with E-state index in [0.717, 1.165) is 0 Å². The van der Waals surface area contributed by atoms with Crippen LogP contribution in [0.3, 0.4) is 0 Å². The Morgan fingerprint density at radius 3 is 2.50 bits per heavy atom. The van der Waals surface area contributed by atoms with Crippen molar-refractivity contribution in [3.8, 4) is 0 Å². The first-order valence-corrected chi connectivity index (χ1v) is 7.65. The van der Waals surface area contributed by atoms with E-state index in [2.05, 4.69) is 4.98 Å². The third-order valence-electron chi connectivity index (χ3n) is 4.32. The van der Waals surface area contributed by atoms with Crippen molar-refractivity contribution < 1.29 is 23.7 Å². The van der Waals surface area contributed by atoms with Gasteiger partial charge in [0.1, 0.15) is 18.3 Å². The molecule has 1 unspecified atom stereocenters. The van der Waals surface area contributed by atoms with Crippen LogP contribution in [0.1, 0.15) is 33.7 Å². The van der Waals surface area contributed by atoms with Gasteiger partial charge in [0, 0.05) is 12.4 Å². The van der Waals surface area contributed by atoms with Gasteiger partial charge >= 0.3 is 0 Å². The molecule has 3 aliphatic heterocycles. The van der Waals surface area contributed by atoms with E-state index in [1.165, 1.54) is 0 Å². The maximum atomic E-state index is 6.13. The highest BCUT2D eigenvalue weighted by molar-refractivity contribution is 5.02. The molecule has 22 heavy (non-hydrogen) atoms. The van der Waals surface area contributed by atoms with Crippen LogP contribution >= 0.6 is 0 Å². The van der Waals surface area contributed by atoms with E-state index in [4.69, 9.17) is 23.7 Å². The van der Waals surface area contributed by atoms with Crippen molar-refractivity contribution >= 4 is 0 Å². The molecule has 0 bridgehead atoms. The zero-order valence-electron chi connectivity index (χ0n) is 13.3. The second-order valence-corrected chi connectivity index (χ2v) is 6.94. The molecule has 0 spiro atoms. The number of hydrogen-bond donors (Lipinski definition) is 0. The van der Waals surface area contributed by atoms with Crippen molar-refractivity contribution in [2.45, 2.75) is 69.9 Å². The highest BCUT2D eigenvalue weighted by Crippen LogP contribution is 2.45. The van der Waals surface area contributed by atoms with E-state index in [1.807, 2.05) is 38.5 Å². The van der Waals surface area contributed by atoms with Crippen LogP contribution in [0.15, 0.2) is 18.7 Å². The topological polar surface area (TPSA) is 64.0 Å². The normalized spacial score (nSPS) is 42.6. The van der Waals surface area contributed by atoms with Crippen LogP contribution < -0.4 is 0 Å². The molecule has 5 atom stereocenters. The number of ether oxygens (including phenoxy) is 5. The predicted octanol–water partition coefficient (Wildman–Crippen LogP) is 1.45. The highest BCUT2D eigenvalue weighted by atomic mass is 16.8. The lowest BCUT2D eigenvalue weighted by Crippen LogP contribution is -2.40. The third-order valence-corrected chi connectivity index (χ3v) is 4.32. The average Bonchev–Trinajstić information content (AvgIpc) is 3.11. The molecule has 0 aliphatic carbocycles. The molecule has 7 heteroatoms. The van der Waals surface area contributed by atoms with E-state index in [-0.39, 0.29) is 24.4 Å². The summed E-state index contributed by atoms with van der Waals surface area (Å²) < 4.78 is 31.7. The Labute approximate surface area is 129 Å². The number of aromatic nitrogens is 2. The van der Waals surface area contributed by atoms with E-state index in [9.17, 15) is 0 Å². The van der Waals surface area contributed by atoms with Gasteiger partial charge < -0.3 is 28.3 Å². The summed E-state index contributed by atoms with van der Waals surface area (Å²) in [6.45, 7) is 8.10. The maximum absolute atomic E-state index is 6.13. The Morgan fingerprint density at radius 2 is 1.86 bits per heavy atom. The summed E-state index contributed by atoms with van der Waals surface area (Å²) in [6.07, 6.45) is 4.48. The molecule has 3 fully saturated rings. The fourth-order valence-electron chi connectivity index (χ4n) is 3.49. The Hall–Kier alpha value is -0.990. The number of fused-ring (bicyclic) bond motifs is 1. The summed E-state index contributed by atoms with van der Waals surface area (Å²) in [5.41, 5.74) is 0. The Morgan fingerprint density at radius 1 is 1.05 bits per heavy atom. The molecule has 0 saturated carbocycles. The number of hydrogen-bond acceptors (Lipinski definition) is 6. The summed E-state index contributed by atoms with van der Waals surface area (Å²) in [7, 11) is 0. The first-order chi connectivity index (χ1) is 10.3. The summed E-state index contributed by atoms with van der Waals surface area (Å²) >= 11 is 0. The van der Waals surface area contributed by atoms with Crippen LogP contribution in [0.25, 0.3) is 0 Å². The second kappa shape index (κ2) is 4.75.